The molecule has 0 radical (unpaired) electrons. The number of pyridine rings is 1. The van der Waals surface area contributed by atoms with Crippen molar-refractivity contribution in [1.29, 1.82) is 0 Å². The molecule has 0 unspecified atom stereocenters. The van der Waals surface area contributed by atoms with E-state index in [1.807, 2.05) is 6.92 Å². The number of nitrogens with one attached hydrogen (secondary N) is 1. The summed E-state index contributed by atoms with van der Waals surface area (Å²) in [7, 11) is 1.53. The number of carbonyl (C=O) groups excluding carboxylic acids is 1. The standard InChI is InChI=1S/C18H17FN4O2/c1-3-16-15(11-21-23(16)14-7-4-12(19)5-8-14)18(24)22-13-6-9-17(25-2)20-10-13/h4-11H,3H2,1-2H3,(H,22,24). The fraction of sp³-hybridized carbons (Fsp3) is 0.167. The molecule has 0 atom stereocenters. The van der Waals surface area contributed by atoms with Gasteiger partial charge in [0.15, 0.2) is 0 Å². The van der Waals surface area contributed by atoms with Crippen LogP contribution in [0.4, 0.5) is 10.1 Å². The van der Waals surface area contributed by atoms with Crippen LogP contribution in [0.2, 0.25) is 0 Å². The van der Waals surface area contributed by atoms with Gasteiger partial charge in [-0.25, -0.2) is 14.1 Å². The van der Waals surface area contributed by atoms with E-state index in [-0.39, 0.29) is 11.7 Å². The van der Waals surface area contributed by atoms with Crippen LogP contribution in [0.25, 0.3) is 5.69 Å². The topological polar surface area (TPSA) is 69.0 Å². The molecule has 0 bridgehead atoms. The Bertz CT molecular complexity index is 873. The van der Waals surface area contributed by atoms with E-state index in [0.717, 1.165) is 5.69 Å². The van der Waals surface area contributed by atoms with Gasteiger partial charge in [-0.3, -0.25) is 4.79 Å². The van der Waals surface area contributed by atoms with E-state index in [1.165, 1.54) is 31.6 Å². The summed E-state index contributed by atoms with van der Waals surface area (Å²) >= 11 is 0. The zero-order valence-corrected chi connectivity index (χ0v) is 13.9. The van der Waals surface area contributed by atoms with Crippen LogP contribution in [0.3, 0.4) is 0 Å². The molecule has 2 heterocycles. The Balaban J connectivity index is 1.86. The van der Waals surface area contributed by atoms with Crippen molar-refractivity contribution in [2.24, 2.45) is 0 Å². The van der Waals surface area contributed by atoms with E-state index in [9.17, 15) is 9.18 Å². The Labute approximate surface area is 144 Å². The second kappa shape index (κ2) is 7.12. The van der Waals surface area contributed by atoms with Crippen molar-refractivity contribution >= 4 is 11.6 Å². The van der Waals surface area contributed by atoms with Crippen LogP contribution in [0.1, 0.15) is 23.0 Å². The van der Waals surface area contributed by atoms with E-state index < -0.39 is 0 Å². The van der Waals surface area contributed by atoms with Gasteiger partial charge in [0.1, 0.15) is 5.82 Å². The van der Waals surface area contributed by atoms with E-state index in [4.69, 9.17) is 4.74 Å². The number of aromatic nitrogens is 3. The highest BCUT2D eigenvalue weighted by Crippen LogP contribution is 2.18. The highest BCUT2D eigenvalue weighted by Gasteiger charge is 2.17. The fourth-order valence-corrected chi connectivity index (χ4v) is 2.48. The molecule has 6 nitrogen and oxygen atoms in total. The van der Waals surface area contributed by atoms with Crippen LogP contribution in [0, 0.1) is 5.82 Å². The molecule has 0 spiro atoms. The number of ether oxygens (including phenoxy) is 1. The third-order valence-corrected chi connectivity index (χ3v) is 3.72. The molecule has 3 rings (SSSR count). The lowest BCUT2D eigenvalue weighted by molar-refractivity contribution is 0.102. The normalized spacial score (nSPS) is 10.5. The Morgan fingerprint density at radius 3 is 2.56 bits per heavy atom. The van der Waals surface area contributed by atoms with Crippen LogP contribution in [0.5, 0.6) is 5.88 Å². The van der Waals surface area contributed by atoms with E-state index >= 15 is 0 Å². The lowest BCUT2D eigenvalue weighted by Gasteiger charge is -2.09. The SMILES string of the molecule is CCc1c(C(=O)Nc2ccc(OC)nc2)cnn1-c1ccc(F)cc1. The first-order chi connectivity index (χ1) is 12.1. The zero-order valence-electron chi connectivity index (χ0n) is 13.9. The van der Waals surface area contributed by atoms with Crippen LogP contribution >= 0.6 is 0 Å². The smallest absolute Gasteiger partial charge is 0.259 e. The van der Waals surface area contributed by atoms with Crippen molar-refractivity contribution < 1.29 is 13.9 Å². The summed E-state index contributed by atoms with van der Waals surface area (Å²) in [6.07, 6.45) is 3.63. The van der Waals surface area contributed by atoms with Gasteiger partial charge in [-0.15, -0.1) is 0 Å². The van der Waals surface area contributed by atoms with Crippen molar-refractivity contribution in [1.82, 2.24) is 14.8 Å². The number of amides is 1. The van der Waals surface area contributed by atoms with Crippen LogP contribution < -0.4 is 10.1 Å². The molecule has 0 fully saturated rings. The van der Waals surface area contributed by atoms with Gasteiger partial charge in [0.05, 0.1) is 42.1 Å². The first-order valence-electron chi connectivity index (χ1n) is 7.76. The number of rotatable bonds is 5. The van der Waals surface area contributed by atoms with Gasteiger partial charge in [-0.1, -0.05) is 6.92 Å². The van der Waals surface area contributed by atoms with E-state index in [1.54, 1.807) is 28.9 Å². The molecule has 1 N–H and O–H groups in total. The summed E-state index contributed by atoms with van der Waals surface area (Å²) in [5, 5.41) is 7.06. The number of carbonyl (C=O) groups is 1. The highest BCUT2D eigenvalue weighted by molar-refractivity contribution is 6.05. The van der Waals surface area contributed by atoms with Gasteiger partial charge in [0, 0.05) is 6.07 Å². The number of halogens is 1. The molecule has 7 heteroatoms. The molecule has 0 aliphatic carbocycles. The quantitative estimate of drug-likeness (QED) is 0.774. The maximum absolute atomic E-state index is 13.1. The Hall–Kier alpha value is -3.22. The van der Waals surface area contributed by atoms with Gasteiger partial charge in [-0.2, -0.15) is 5.10 Å². The minimum Gasteiger partial charge on any atom is -0.481 e. The first kappa shape index (κ1) is 16.6. The largest absolute Gasteiger partial charge is 0.481 e. The molecular weight excluding hydrogens is 323 g/mol. The lowest BCUT2D eigenvalue weighted by atomic mass is 10.2. The summed E-state index contributed by atoms with van der Waals surface area (Å²) in [5.41, 5.74) is 2.46. The van der Waals surface area contributed by atoms with Crippen LogP contribution in [0.15, 0.2) is 48.8 Å². The molecule has 0 aliphatic heterocycles. The molecule has 0 saturated heterocycles. The number of anilines is 1. The first-order valence-corrected chi connectivity index (χ1v) is 7.76. The van der Waals surface area contributed by atoms with Crippen LogP contribution in [-0.4, -0.2) is 27.8 Å². The van der Waals surface area contributed by atoms with Crippen molar-refractivity contribution in [3.63, 3.8) is 0 Å². The Kier molecular flexibility index (Phi) is 4.74. The Morgan fingerprint density at radius 1 is 1.20 bits per heavy atom. The van der Waals surface area contributed by atoms with Gasteiger partial charge >= 0.3 is 0 Å². The van der Waals surface area contributed by atoms with Gasteiger partial charge in [0.25, 0.3) is 5.91 Å². The van der Waals surface area contributed by atoms with Crippen LogP contribution in [-0.2, 0) is 6.42 Å². The van der Waals surface area contributed by atoms with Crippen molar-refractivity contribution in [2.75, 3.05) is 12.4 Å². The maximum atomic E-state index is 13.1. The van der Waals surface area contributed by atoms with Crippen molar-refractivity contribution in [3.8, 4) is 11.6 Å². The van der Waals surface area contributed by atoms with E-state index in [2.05, 4.69) is 15.4 Å². The summed E-state index contributed by atoms with van der Waals surface area (Å²) in [4.78, 5) is 16.6. The molecule has 2 aromatic heterocycles. The number of hydrogen-bond donors (Lipinski definition) is 1. The molecule has 1 amide bonds. The predicted molar refractivity (Wildman–Crippen MR) is 91.6 cm³/mol. The number of benzene rings is 1. The minimum atomic E-state index is -0.320. The van der Waals surface area contributed by atoms with Gasteiger partial charge in [-0.05, 0) is 36.8 Å². The number of hydrogen-bond acceptors (Lipinski definition) is 4. The second-order valence-corrected chi connectivity index (χ2v) is 5.29. The fourth-order valence-electron chi connectivity index (χ4n) is 2.48. The molecule has 0 saturated carbocycles. The number of methoxy groups -OCH3 is 1. The molecular formula is C18H17FN4O2. The molecule has 0 aliphatic rings. The van der Waals surface area contributed by atoms with Crippen molar-refractivity contribution in [3.05, 3.63) is 65.9 Å². The molecule has 128 valence electrons. The van der Waals surface area contributed by atoms with Gasteiger partial charge in [0.2, 0.25) is 5.88 Å². The minimum absolute atomic E-state index is 0.280. The lowest BCUT2D eigenvalue weighted by Crippen LogP contribution is -2.14. The van der Waals surface area contributed by atoms with E-state index in [0.29, 0.717) is 29.2 Å². The third kappa shape index (κ3) is 3.50. The maximum Gasteiger partial charge on any atom is 0.259 e. The average molecular weight is 340 g/mol. The summed E-state index contributed by atoms with van der Waals surface area (Å²) in [5.74, 6) is -0.132. The molecule has 3 aromatic rings. The predicted octanol–water partition coefficient (Wildman–Crippen LogP) is 3.23. The highest BCUT2D eigenvalue weighted by atomic mass is 19.1. The Morgan fingerprint density at radius 2 is 1.96 bits per heavy atom. The summed E-state index contributed by atoms with van der Waals surface area (Å²) in [6, 6.07) is 9.34. The zero-order chi connectivity index (χ0) is 17.8. The third-order valence-electron chi connectivity index (χ3n) is 3.72. The monoisotopic (exact) mass is 340 g/mol. The summed E-state index contributed by atoms with van der Waals surface area (Å²) in [6.45, 7) is 1.93. The van der Waals surface area contributed by atoms with Gasteiger partial charge < -0.3 is 10.1 Å². The summed E-state index contributed by atoms with van der Waals surface area (Å²) < 4.78 is 19.7. The second-order valence-electron chi connectivity index (χ2n) is 5.29. The number of nitrogens with zero attached hydrogens (tertiary/aromatic N) is 3. The molecule has 25 heavy (non-hydrogen) atoms. The average Bonchev–Trinajstić information content (AvgIpc) is 3.07. The van der Waals surface area contributed by atoms with Crippen molar-refractivity contribution in [2.45, 2.75) is 13.3 Å². The molecule has 1 aromatic carbocycles.